The van der Waals surface area contributed by atoms with Gasteiger partial charge in [0.05, 0.1) is 32.8 Å². The van der Waals surface area contributed by atoms with Crippen LogP contribution in [-0.2, 0) is 22.6 Å². The summed E-state index contributed by atoms with van der Waals surface area (Å²) >= 11 is 0. The molecule has 2 aliphatic heterocycles. The van der Waals surface area contributed by atoms with Gasteiger partial charge in [0.15, 0.2) is 23.0 Å². The van der Waals surface area contributed by atoms with Gasteiger partial charge < -0.3 is 33.5 Å². The number of cyclic esters (lactones) is 1. The largest absolute Gasteiger partial charge is 0.493 e. The molecular weight excluding hydrogens is 464 g/mol. The summed E-state index contributed by atoms with van der Waals surface area (Å²) in [6, 6.07) is 18.8. The van der Waals surface area contributed by atoms with Crippen LogP contribution in [0.25, 0.3) is 0 Å². The second kappa shape index (κ2) is 10.4. The quantitative estimate of drug-likeness (QED) is 0.447. The minimum atomic E-state index is -0.909. The molecule has 5 rings (SSSR count). The van der Waals surface area contributed by atoms with Gasteiger partial charge in [0.25, 0.3) is 0 Å². The molecule has 3 aromatic carbocycles. The Labute approximate surface area is 209 Å². The zero-order chi connectivity index (χ0) is 25.1. The Kier molecular flexibility index (Phi) is 6.86. The number of fused-ring (bicyclic) bond motifs is 1. The molecule has 3 aromatic rings. The number of methoxy groups -OCH3 is 2. The molecule has 36 heavy (non-hydrogen) atoms. The molecular formula is C28H28O8. The summed E-state index contributed by atoms with van der Waals surface area (Å²) in [7, 11) is 3.12. The van der Waals surface area contributed by atoms with E-state index in [0.717, 1.165) is 11.1 Å². The summed E-state index contributed by atoms with van der Waals surface area (Å²) in [5.41, 5.74) is 2.47. The number of rotatable bonds is 9. The maximum atomic E-state index is 12.7. The summed E-state index contributed by atoms with van der Waals surface area (Å²) in [6.45, 7) is 0.633. The molecule has 0 spiro atoms. The average molecular weight is 493 g/mol. The number of carbonyl (C=O) groups excluding carboxylic acids is 1. The van der Waals surface area contributed by atoms with Crippen molar-refractivity contribution < 1.29 is 38.3 Å². The zero-order valence-electron chi connectivity index (χ0n) is 20.1. The van der Waals surface area contributed by atoms with E-state index in [-0.39, 0.29) is 19.4 Å². The highest BCUT2D eigenvalue weighted by molar-refractivity contribution is 5.75. The fraction of sp³-hybridized carbons (Fsp3) is 0.321. The molecule has 1 saturated heterocycles. The van der Waals surface area contributed by atoms with Crippen LogP contribution >= 0.6 is 0 Å². The van der Waals surface area contributed by atoms with Crippen LogP contribution in [0, 0.1) is 11.8 Å². The van der Waals surface area contributed by atoms with E-state index in [0.29, 0.717) is 47.3 Å². The first-order valence-corrected chi connectivity index (χ1v) is 11.7. The van der Waals surface area contributed by atoms with Crippen LogP contribution in [-0.4, -0.2) is 38.7 Å². The highest BCUT2D eigenvalue weighted by Crippen LogP contribution is 2.43. The minimum absolute atomic E-state index is 0.131. The van der Waals surface area contributed by atoms with Gasteiger partial charge in [-0.25, -0.2) is 0 Å². The van der Waals surface area contributed by atoms with E-state index in [1.165, 1.54) is 0 Å². The van der Waals surface area contributed by atoms with E-state index in [1.807, 2.05) is 42.5 Å². The molecule has 8 heteroatoms. The molecule has 1 fully saturated rings. The standard InChI is InChI=1S/C28H28O8/c1-31-24-11-18(12-25(32-2)27(24)33-14-17-6-4-3-5-7-17)10-20-21(15-34-28(20)30)26(29)19-8-9-22-23(13-19)36-16-35-22/h3-9,11-13,20-21,26,29H,10,14-16H2,1-2H3/t20-,21+,26?/m0/s1. The lowest BCUT2D eigenvalue weighted by Gasteiger charge is -2.22. The van der Waals surface area contributed by atoms with Gasteiger partial charge in [-0.15, -0.1) is 0 Å². The van der Waals surface area contributed by atoms with Crippen LogP contribution in [0.5, 0.6) is 28.7 Å². The maximum Gasteiger partial charge on any atom is 0.309 e. The van der Waals surface area contributed by atoms with Gasteiger partial charge in [-0.1, -0.05) is 36.4 Å². The Morgan fingerprint density at radius 1 is 0.917 bits per heavy atom. The number of aliphatic hydroxyl groups is 1. The third-order valence-corrected chi connectivity index (χ3v) is 6.58. The van der Waals surface area contributed by atoms with Crippen LogP contribution in [0.3, 0.4) is 0 Å². The topological polar surface area (TPSA) is 92.7 Å². The summed E-state index contributed by atoms with van der Waals surface area (Å²) in [4.78, 5) is 12.7. The molecule has 0 aliphatic carbocycles. The van der Waals surface area contributed by atoms with Crippen molar-refractivity contribution in [1.82, 2.24) is 0 Å². The molecule has 3 atom stereocenters. The highest BCUT2D eigenvalue weighted by Gasteiger charge is 2.42. The highest BCUT2D eigenvalue weighted by atomic mass is 16.7. The van der Waals surface area contributed by atoms with E-state index in [2.05, 4.69) is 0 Å². The zero-order valence-corrected chi connectivity index (χ0v) is 20.1. The van der Waals surface area contributed by atoms with Gasteiger partial charge in [-0.05, 0) is 47.4 Å². The fourth-order valence-electron chi connectivity index (χ4n) is 4.64. The second-order valence-corrected chi connectivity index (χ2v) is 8.77. The molecule has 8 nitrogen and oxygen atoms in total. The molecule has 0 amide bonds. The predicted molar refractivity (Wildman–Crippen MR) is 129 cm³/mol. The number of ether oxygens (including phenoxy) is 6. The Balaban J connectivity index is 1.36. The average Bonchev–Trinajstić information content (AvgIpc) is 3.53. The van der Waals surface area contributed by atoms with Crippen LogP contribution in [0.15, 0.2) is 60.7 Å². The molecule has 1 N–H and O–H groups in total. The van der Waals surface area contributed by atoms with E-state index in [1.54, 1.807) is 32.4 Å². The van der Waals surface area contributed by atoms with Crippen molar-refractivity contribution in [3.8, 4) is 28.7 Å². The molecule has 0 aromatic heterocycles. The van der Waals surface area contributed by atoms with E-state index in [9.17, 15) is 9.90 Å². The van der Waals surface area contributed by atoms with Gasteiger partial charge in [-0.3, -0.25) is 4.79 Å². The van der Waals surface area contributed by atoms with Gasteiger partial charge in [0, 0.05) is 5.92 Å². The van der Waals surface area contributed by atoms with E-state index >= 15 is 0 Å². The van der Waals surface area contributed by atoms with Gasteiger partial charge in [0.1, 0.15) is 6.61 Å². The minimum Gasteiger partial charge on any atom is -0.493 e. The Hall–Kier alpha value is -3.91. The number of benzene rings is 3. The van der Waals surface area contributed by atoms with Crippen molar-refractivity contribution in [3.63, 3.8) is 0 Å². The lowest BCUT2D eigenvalue weighted by Crippen LogP contribution is -2.24. The summed E-state index contributed by atoms with van der Waals surface area (Å²) < 4.78 is 33.4. The number of esters is 1. The van der Waals surface area contributed by atoms with Crippen molar-refractivity contribution >= 4 is 5.97 Å². The molecule has 2 heterocycles. The molecule has 0 radical (unpaired) electrons. The second-order valence-electron chi connectivity index (χ2n) is 8.77. The summed E-state index contributed by atoms with van der Waals surface area (Å²) in [6.07, 6.45) is -0.565. The number of hydrogen-bond donors (Lipinski definition) is 1. The third-order valence-electron chi connectivity index (χ3n) is 6.58. The molecule has 188 valence electrons. The number of carbonyl (C=O) groups is 1. The van der Waals surface area contributed by atoms with Gasteiger partial charge >= 0.3 is 5.97 Å². The smallest absolute Gasteiger partial charge is 0.309 e. The van der Waals surface area contributed by atoms with Crippen LogP contribution in [0.1, 0.15) is 22.8 Å². The lowest BCUT2D eigenvalue weighted by molar-refractivity contribution is -0.141. The van der Waals surface area contributed by atoms with Crippen molar-refractivity contribution in [1.29, 1.82) is 0 Å². The van der Waals surface area contributed by atoms with Crippen molar-refractivity contribution in [2.45, 2.75) is 19.1 Å². The Morgan fingerprint density at radius 2 is 1.64 bits per heavy atom. The Bertz CT molecular complexity index is 1200. The van der Waals surface area contributed by atoms with Crippen molar-refractivity contribution in [2.75, 3.05) is 27.6 Å². The molecule has 2 aliphatic rings. The van der Waals surface area contributed by atoms with Crippen molar-refractivity contribution in [2.24, 2.45) is 11.8 Å². The molecule has 0 saturated carbocycles. The number of hydrogen-bond acceptors (Lipinski definition) is 8. The SMILES string of the molecule is COc1cc(C[C@@H]2C(=O)OC[C@H]2C(O)c2ccc3c(c2)OCO3)cc(OC)c1OCc1ccccc1. The first kappa shape index (κ1) is 23.8. The predicted octanol–water partition coefficient (Wildman–Crippen LogP) is 4.08. The fourth-order valence-corrected chi connectivity index (χ4v) is 4.64. The first-order chi connectivity index (χ1) is 17.6. The third kappa shape index (κ3) is 4.77. The van der Waals surface area contributed by atoms with Crippen LogP contribution in [0.2, 0.25) is 0 Å². The molecule has 1 unspecified atom stereocenters. The van der Waals surface area contributed by atoms with Crippen LogP contribution < -0.4 is 23.7 Å². The first-order valence-electron chi connectivity index (χ1n) is 11.7. The van der Waals surface area contributed by atoms with Crippen LogP contribution in [0.4, 0.5) is 0 Å². The maximum absolute atomic E-state index is 12.7. The van der Waals surface area contributed by atoms with Gasteiger partial charge in [-0.2, -0.15) is 0 Å². The normalized spacial score (nSPS) is 19.0. The van der Waals surface area contributed by atoms with Gasteiger partial charge in [0.2, 0.25) is 12.5 Å². The van der Waals surface area contributed by atoms with E-state index in [4.69, 9.17) is 28.4 Å². The molecule has 0 bridgehead atoms. The van der Waals surface area contributed by atoms with Crippen molar-refractivity contribution in [3.05, 3.63) is 77.4 Å². The summed E-state index contributed by atoms with van der Waals surface area (Å²) in [5, 5.41) is 11.1. The number of aliphatic hydroxyl groups excluding tert-OH is 1. The Morgan fingerprint density at radius 3 is 2.36 bits per heavy atom. The monoisotopic (exact) mass is 492 g/mol. The lowest BCUT2D eigenvalue weighted by atomic mass is 9.83. The van der Waals surface area contributed by atoms with E-state index < -0.39 is 17.9 Å². The summed E-state index contributed by atoms with van der Waals surface area (Å²) in [5.74, 6) is 1.38.